The second-order valence-corrected chi connectivity index (χ2v) is 6.91. The van der Waals surface area contributed by atoms with Crippen LogP contribution in [-0.2, 0) is 4.74 Å². The van der Waals surface area contributed by atoms with Gasteiger partial charge in [-0.15, -0.1) is 0 Å². The fraction of sp³-hybridized carbons (Fsp3) is 1.00. The van der Waals surface area contributed by atoms with Crippen molar-refractivity contribution in [3.8, 4) is 0 Å². The van der Waals surface area contributed by atoms with Gasteiger partial charge in [0.05, 0.1) is 12.7 Å². The van der Waals surface area contributed by atoms with E-state index >= 15 is 0 Å². The Balaban J connectivity index is 2.00. The lowest BCUT2D eigenvalue weighted by molar-refractivity contribution is 0.0332. The summed E-state index contributed by atoms with van der Waals surface area (Å²) >= 11 is 0. The van der Waals surface area contributed by atoms with Crippen LogP contribution in [0.25, 0.3) is 0 Å². The van der Waals surface area contributed by atoms with Crippen molar-refractivity contribution in [2.75, 3.05) is 32.9 Å². The maximum atomic E-state index is 9.87. The van der Waals surface area contributed by atoms with E-state index in [1.165, 1.54) is 25.7 Å². The van der Waals surface area contributed by atoms with Gasteiger partial charge in [-0.1, -0.05) is 26.7 Å². The highest BCUT2D eigenvalue weighted by molar-refractivity contribution is 4.77. The van der Waals surface area contributed by atoms with Gasteiger partial charge in [0.25, 0.3) is 0 Å². The molecule has 0 aromatic rings. The molecule has 1 fully saturated rings. The van der Waals surface area contributed by atoms with Crippen LogP contribution in [0.15, 0.2) is 0 Å². The largest absolute Gasteiger partial charge is 0.396 e. The highest BCUT2D eigenvalue weighted by Crippen LogP contribution is 2.28. The third-order valence-electron chi connectivity index (χ3n) is 4.47. The molecule has 0 aromatic heterocycles. The summed E-state index contributed by atoms with van der Waals surface area (Å²) in [6.07, 6.45) is 6.67. The Morgan fingerprint density at radius 1 is 1.19 bits per heavy atom. The second kappa shape index (κ2) is 11.4. The Bertz CT molecular complexity index is 248. The van der Waals surface area contributed by atoms with Crippen molar-refractivity contribution in [1.82, 2.24) is 5.32 Å². The fourth-order valence-electron chi connectivity index (χ4n) is 3.10. The number of aliphatic hydroxyl groups excluding tert-OH is 2. The Labute approximate surface area is 130 Å². The molecule has 21 heavy (non-hydrogen) atoms. The van der Waals surface area contributed by atoms with E-state index in [0.29, 0.717) is 31.6 Å². The average molecular weight is 301 g/mol. The lowest BCUT2D eigenvalue weighted by atomic mass is 9.79. The van der Waals surface area contributed by atoms with E-state index in [4.69, 9.17) is 4.74 Å². The number of rotatable bonds is 11. The van der Waals surface area contributed by atoms with Crippen LogP contribution in [0.1, 0.15) is 52.4 Å². The summed E-state index contributed by atoms with van der Waals surface area (Å²) in [7, 11) is 0. The summed E-state index contributed by atoms with van der Waals surface area (Å²) in [5, 5.41) is 22.6. The van der Waals surface area contributed by atoms with E-state index in [-0.39, 0.29) is 0 Å². The number of hydrogen-bond acceptors (Lipinski definition) is 4. The van der Waals surface area contributed by atoms with Crippen molar-refractivity contribution < 1.29 is 14.9 Å². The zero-order chi connectivity index (χ0) is 15.5. The van der Waals surface area contributed by atoms with Crippen LogP contribution in [0.2, 0.25) is 0 Å². The van der Waals surface area contributed by atoms with Crippen molar-refractivity contribution >= 4 is 0 Å². The monoisotopic (exact) mass is 301 g/mol. The Morgan fingerprint density at radius 3 is 2.57 bits per heavy atom. The van der Waals surface area contributed by atoms with Gasteiger partial charge in [0, 0.05) is 19.8 Å². The lowest BCUT2D eigenvalue weighted by Crippen LogP contribution is -2.37. The summed E-state index contributed by atoms with van der Waals surface area (Å²) in [6, 6.07) is 0. The van der Waals surface area contributed by atoms with Crippen LogP contribution in [0.4, 0.5) is 0 Å². The molecule has 0 radical (unpaired) electrons. The molecule has 1 aliphatic carbocycles. The van der Waals surface area contributed by atoms with E-state index in [1.807, 2.05) is 0 Å². The molecular formula is C17H35NO3. The van der Waals surface area contributed by atoms with Crippen LogP contribution >= 0.6 is 0 Å². The molecule has 0 saturated heterocycles. The molecule has 0 aliphatic heterocycles. The van der Waals surface area contributed by atoms with Gasteiger partial charge in [0.15, 0.2) is 0 Å². The molecule has 3 N–H and O–H groups in total. The smallest absolute Gasteiger partial charge is 0.0897 e. The number of ether oxygens (including phenoxy) is 1. The third-order valence-corrected chi connectivity index (χ3v) is 4.47. The highest BCUT2D eigenvalue weighted by atomic mass is 16.5. The van der Waals surface area contributed by atoms with Crippen molar-refractivity contribution in [3.05, 3.63) is 0 Å². The minimum Gasteiger partial charge on any atom is -0.396 e. The van der Waals surface area contributed by atoms with Gasteiger partial charge in [0.1, 0.15) is 0 Å². The first kappa shape index (κ1) is 18.9. The Morgan fingerprint density at radius 2 is 1.90 bits per heavy atom. The van der Waals surface area contributed by atoms with Crippen molar-refractivity contribution in [3.63, 3.8) is 0 Å². The van der Waals surface area contributed by atoms with Crippen LogP contribution in [0.5, 0.6) is 0 Å². The molecule has 1 aliphatic rings. The molecule has 0 aromatic carbocycles. The minimum absolute atomic E-state index is 0.299. The van der Waals surface area contributed by atoms with Gasteiger partial charge in [-0.05, 0) is 50.0 Å². The van der Waals surface area contributed by atoms with Crippen molar-refractivity contribution in [1.29, 1.82) is 0 Å². The van der Waals surface area contributed by atoms with E-state index in [9.17, 15) is 10.2 Å². The molecule has 3 unspecified atom stereocenters. The number of nitrogens with one attached hydrogen (secondary N) is 1. The van der Waals surface area contributed by atoms with Gasteiger partial charge >= 0.3 is 0 Å². The van der Waals surface area contributed by atoms with Gasteiger partial charge in [-0.3, -0.25) is 0 Å². The molecular weight excluding hydrogens is 266 g/mol. The molecule has 1 saturated carbocycles. The molecule has 0 spiro atoms. The molecule has 0 heterocycles. The topological polar surface area (TPSA) is 61.7 Å². The highest BCUT2D eigenvalue weighted by Gasteiger charge is 2.24. The van der Waals surface area contributed by atoms with Gasteiger partial charge in [0.2, 0.25) is 0 Å². The second-order valence-electron chi connectivity index (χ2n) is 6.91. The quantitative estimate of drug-likeness (QED) is 0.512. The van der Waals surface area contributed by atoms with Gasteiger partial charge in [-0.25, -0.2) is 0 Å². The van der Waals surface area contributed by atoms with Crippen LogP contribution in [-0.4, -0.2) is 49.2 Å². The first-order valence-corrected chi connectivity index (χ1v) is 8.70. The predicted octanol–water partition coefficient (Wildman–Crippen LogP) is 2.19. The lowest BCUT2D eigenvalue weighted by Gasteiger charge is -2.30. The molecule has 126 valence electrons. The maximum absolute atomic E-state index is 9.87. The molecule has 3 atom stereocenters. The summed E-state index contributed by atoms with van der Waals surface area (Å²) in [4.78, 5) is 0. The Kier molecular flexibility index (Phi) is 10.3. The molecule has 0 bridgehead atoms. The van der Waals surface area contributed by atoms with Crippen LogP contribution in [0.3, 0.4) is 0 Å². The molecule has 0 amide bonds. The number of aliphatic hydroxyl groups is 2. The zero-order valence-electron chi connectivity index (χ0n) is 13.9. The SMILES string of the molecule is CC(C)CCCOCC(O)CNCC1CCCCC1CO. The van der Waals surface area contributed by atoms with Crippen LogP contribution in [0, 0.1) is 17.8 Å². The van der Waals surface area contributed by atoms with E-state index in [0.717, 1.165) is 31.9 Å². The third kappa shape index (κ3) is 8.77. The number of hydrogen-bond donors (Lipinski definition) is 3. The summed E-state index contributed by atoms with van der Waals surface area (Å²) < 4.78 is 5.50. The van der Waals surface area contributed by atoms with E-state index < -0.39 is 6.10 Å². The van der Waals surface area contributed by atoms with Crippen LogP contribution < -0.4 is 5.32 Å². The minimum atomic E-state index is -0.430. The molecule has 4 nitrogen and oxygen atoms in total. The van der Waals surface area contributed by atoms with E-state index in [2.05, 4.69) is 19.2 Å². The summed E-state index contributed by atoms with van der Waals surface area (Å²) in [6.45, 7) is 7.36. The summed E-state index contributed by atoms with van der Waals surface area (Å²) in [5.74, 6) is 1.72. The first-order valence-electron chi connectivity index (χ1n) is 8.70. The predicted molar refractivity (Wildman–Crippen MR) is 86.3 cm³/mol. The normalized spacial score (nSPS) is 24.4. The molecule has 4 heteroatoms. The maximum Gasteiger partial charge on any atom is 0.0897 e. The van der Waals surface area contributed by atoms with Crippen molar-refractivity contribution in [2.45, 2.75) is 58.5 Å². The fourth-order valence-corrected chi connectivity index (χ4v) is 3.10. The van der Waals surface area contributed by atoms with Gasteiger partial charge < -0.3 is 20.3 Å². The van der Waals surface area contributed by atoms with E-state index in [1.54, 1.807) is 0 Å². The Hall–Kier alpha value is -0.160. The van der Waals surface area contributed by atoms with Gasteiger partial charge in [-0.2, -0.15) is 0 Å². The average Bonchev–Trinajstić information content (AvgIpc) is 2.47. The standard InChI is InChI=1S/C17H35NO3/c1-14(2)6-5-9-21-13-17(20)11-18-10-15-7-3-4-8-16(15)12-19/h14-20H,3-13H2,1-2H3. The van der Waals surface area contributed by atoms with Crippen molar-refractivity contribution in [2.24, 2.45) is 17.8 Å². The molecule has 1 rings (SSSR count). The first-order chi connectivity index (χ1) is 10.1. The summed E-state index contributed by atoms with van der Waals surface area (Å²) in [5.41, 5.74) is 0. The zero-order valence-corrected chi connectivity index (χ0v) is 13.9.